The van der Waals surface area contributed by atoms with Crippen molar-refractivity contribution in [3.05, 3.63) is 46.4 Å². The van der Waals surface area contributed by atoms with E-state index < -0.39 is 0 Å². The maximum absolute atomic E-state index is 6.03. The maximum Gasteiger partial charge on any atom is 0.161 e. The Balaban J connectivity index is 1.91. The van der Waals surface area contributed by atoms with Crippen molar-refractivity contribution in [2.24, 2.45) is 0 Å². The summed E-state index contributed by atoms with van der Waals surface area (Å²) in [4.78, 5) is 0. The summed E-state index contributed by atoms with van der Waals surface area (Å²) in [6.07, 6.45) is 0. The second-order valence-corrected chi connectivity index (χ2v) is 4.98. The first-order valence-corrected chi connectivity index (χ1v) is 7.00. The molecule has 2 aromatic rings. The van der Waals surface area contributed by atoms with Crippen LogP contribution in [0.4, 0.5) is 5.69 Å². The van der Waals surface area contributed by atoms with E-state index in [4.69, 9.17) is 43.1 Å². The minimum atomic E-state index is 0.293. The highest BCUT2D eigenvalue weighted by Crippen LogP contribution is 2.35. The number of nitrogen functional groups attached to an aromatic ring is 1. The van der Waals surface area contributed by atoms with Gasteiger partial charge in [-0.05, 0) is 24.3 Å². The zero-order chi connectivity index (χ0) is 15.2. The molecule has 2 rings (SSSR count). The summed E-state index contributed by atoms with van der Waals surface area (Å²) in [6, 6.07) is 10.6. The molecule has 0 heterocycles. The fourth-order valence-electron chi connectivity index (χ4n) is 1.75. The molecular formula is C15H15Cl2NO3. The van der Waals surface area contributed by atoms with Crippen molar-refractivity contribution >= 4 is 28.9 Å². The van der Waals surface area contributed by atoms with Crippen molar-refractivity contribution in [3.63, 3.8) is 0 Å². The second-order valence-electron chi connectivity index (χ2n) is 4.16. The van der Waals surface area contributed by atoms with Crippen LogP contribution in [0.1, 0.15) is 0 Å². The topological polar surface area (TPSA) is 53.7 Å². The van der Waals surface area contributed by atoms with Crippen molar-refractivity contribution in [1.29, 1.82) is 0 Å². The van der Waals surface area contributed by atoms with Gasteiger partial charge in [-0.3, -0.25) is 0 Å². The number of benzene rings is 2. The lowest BCUT2D eigenvalue weighted by Crippen LogP contribution is -2.10. The van der Waals surface area contributed by atoms with E-state index in [0.29, 0.717) is 46.2 Å². The van der Waals surface area contributed by atoms with Crippen LogP contribution < -0.4 is 19.9 Å². The van der Waals surface area contributed by atoms with Crippen molar-refractivity contribution in [2.75, 3.05) is 26.1 Å². The van der Waals surface area contributed by atoms with E-state index >= 15 is 0 Å². The van der Waals surface area contributed by atoms with Gasteiger partial charge in [-0.25, -0.2) is 0 Å². The average molecular weight is 328 g/mol. The minimum absolute atomic E-state index is 0.293. The molecule has 0 atom stereocenters. The molecule has 112 valence electrons. The molecule has 0 unspecified atom stereocenters. The number of anilines is 1. The molecule has 2 N–H and O–H groups in total. The molecule has 0 amide bonds. The van der Waals surface area contributed by atoms with E-state index in [1.165, 1.54) is 0 Å². The summed E-state index contributed by atoms with van der Waals surface area (Å²) < 4.78 is 16.3. The molecule has 0 bridgehead atoms. The molecule has 2 aromatic carbocycles. The van der Waals surface area contributed by atoms with Crippen LogP contribution in [0.25, 0.3) is 0 Å². The number of hydrogen-bond donors (Lipinski definition) is 1. The first kappa shape index (κ1) is 15.6. The molecule has 0 aromatic heterocycles. The van der Waals surface area contributed by atoms with E-state index in [1.54, 1.807) is 19.2 Å². The Labute approximate surface area is 133 Å². The lowest BCUT2D eigenvalue weighted by molar-refractivity contribution is 0.211. The van der Waals surface area contributed by atoms with E-state index in [0.717, 1.165) is 0 Å². The molecule has 0 fully saturated rings. The molecular weight excluding hydrogens is 313 g/mol. The Morgan fingerprint density at radius 1 is 0.952 bits per heavy atom. The summed E-state index contributed by atoms with van der Waals surface area (Å²) in [5, 5.41) is 0.745. The number of hydrogen-bond acceptors (Lipinski definition) is 4. The van der Waals surface area contributed by atoms with Gasteiger partial charge < -0.3 is 19.9 Å². The van der Waals surface area contributed by atoms with Crippen LogP contribution in [0.3, 0.4) is 0 Å². The highest BCUT2D eigenvalue weighted by atomic mass is 35.5. The van der Waals surface area contributed by atoms with Gasteiger partial charge in [-0.2, -0.15) is 0 Å². The molecule has 0 aliphatic carbocycles. The first-order chi connectivity index (χ1) is 10.1. The van der Waals surface area contributed by atoms with Crippen molar-refractivity contribution in [1.82, 2.24) is 0 Å². The standard InChI is InChI=1S/C15H15Cl2NO3/c1-19-13-4-2-3-5-14(13)20-6-7-21-15-11(16)8-10(18)9-12(15)17/h2-5,8-9H,6-7,18H2,1H3. The summed E-state index contributed by atoms with van der Waals surface area (Å²) in [5.74, 6) is 1.72. The third-order valence-electron chi connectivity index (χ3n) is 2.68. The predicted molar refractivity (Wildman–Crippen MR) is 84.9 cm³/mol. The highest BCUT2D eigenvalue weighted by Gasteiger charge is 2.09. The molecule has 0 saturated heterocycles. The number of halogens is 2. The monoisotopic (exact) mass is 327 g/mol. The summed E-state index contributed by atoms with van der Waals surface area (Å²) in [7, 11) is 1.59. The van der Waals surface area contributed by atoms with Gasteiger partial charge in [0.15, 0.2) is 17.2 Å². The fourth-order valence-corrected chi connectivity index (χ4v) is 2.36. The summed E-state index contributed by atoms with van der Waals surface area (Å²) >= 11 is 12.1. The van der Waals surface area contributed by atoms with Crippen LogP contribution in [0.15, 0.2) is 36.4 Å². The van der Waals surface area contributed by atoms with Crippen LogP contribution in [-0.2, 0) is 0 Å². The first-order valence-electron chi connectivity index (χ1n) is 6.25. The highest BCUT2D eigenvalue weighted by molar-refractivity contribution is 6.37. The van der Waals surface area contributed by atoms with Gasteiger partial charge in [0.2, 0.25) is 0 Å². The van der Waals surface area contributed by atoms with Crippen LogP contribution in [0.5, 0.6) is 17.2 Å². The van der Waals surface area contributed by atoms with E-state index in [9.17, 15) is 0 Å². The molecule has 0 aliphatic heterocycles. The van der Waals surface area contributed by atoms with Gasteiger partial charge in [-0.1, -0.05) is 35.3 Å². The Kier molecular flexibility index (Phi) is 5.42. The van der Waals surface area contributed by atoms with Gasteiger partial charge in [0.25, 0.3) is 0 Å². The minimum Gasteiger partial charge on any atom is -0.493 e. The van der Waals surface area contributed by atoms with Crippen LogP contribution in [0, 0.1) is 0 Å². The smallest absolute Gasteiger partial charge is 0.161 e. The van der Waals surface area contributed by atoms with E-state index in [2.05, 4.69) is 0 Å². The summed E-state index contributed by atoms with van der Waals surface area (Å²) in [5.41, 5.74) is 6.12. The predicted octanol–water partition coefficient (Wildman–Crippen LogP) is 4.04. The maximum atomic E-state index is 6.03. The zero-order valence-electron chi connectivity index (χ0n) is 11.4. The molecule has 0 saturated carbocycles. The Morgan fingerprint density at radius 2 is 1.52 bits per heavy atom. The van der Waals surface area contributed by atoms with E-state index in [1.807, 2.05) is 24.3 Å². The van der Waals surface area contributed by atoms with Crippen molar-refractivity contribution < 1.29 is 14.2 Å². The van der Waals surface area contributed by atoms with Gasteiger partial charge in [-0.15, -0.1) is 0 Å². The molecule has 0 radical (unpaired) electrons. The van der Waals surface area contributed by atoms with Crippen LogP contribution in [-0.4, -0.2) is 20.3 Å². The molecule has 0 spiro atoms. The quantitative estimate of drug-likeness (QED) is 0.642. The molecule has 6 heteroatoms. The second kappa shape index (κ2) is 7.29. The van der Waals surface area contributed by atoms with Crippen molar-refractivity contribution in [3.8, 4) is 17.2 Å². The Bertz CT molecular complexity index is 597. The average Bonchev–Trinajstić information content (AvgIpc) is 2.45. The zero-order valence-corrected chi connectivity index (χ0v) is 12.9. The van der Waals surface area contributed by atoms with E-state index in [-0.39, 0.29) is 0 Å². The van der Waals surface area contributed by atoms with Crippen molar-refractivity contribution in [2.45, 2.75) is 0 Å². The molecule has 0 aliphatic rings. The Morgan fingerprint density at radius 3 is 2.14 bits per heavy atom. The number of methoxy groups -OCH3 is 1. The lowest BCUT2D eigenvalue weighted by atomic mass is 10.3. The Hall–Kier alpha value is -1.78. The van der Waals surface area contributed by atoms with Gasteiger partial charge in [0.05, 0.1) is 17.2 Å². The largest absolute Gasteiger partial charge is 0.493 e. The number of para-hydroxylation sites is 2. The SMILES string of the molecule is COc1ccccc1OCCOc1c(Cl)cc(N)cc1Cl. The number of ether oxygens (including phenoxy) is 3. The van der Waals surface area contributed by atoms with Crippen LogP contribution >= 0.6 is 23.2 Å². The normalized spacial score (nSPS) is 10.2. The van der Waals surface area contributed by atoms with Gasteiger partial charge in [0, 0.05) is 5.69 Å². The van der Waals surface area contributed by atoms with Gasteiger partial charge in [0.1, 0.15) is 13.2 Å². The molecule has 21 heavy (non-hydrogen) atoms. The van der Waals surface area contributed by atoms with Crippen LogP contribution in [0.2, 0.25) is 10.0 Å². The lowest BCUT2D eigenvalue weighted by Gasteiger charge is -2.13. The number of nitrogens with two attached hydrogens (primary N) is 1. The third kappa shape index (κ3) is 4.09. The number of rotatable bonds is 6. The third-order valence-corrected chi connectivity index (χ3v) is 3.24. The van der Waals surface area contributed by atoms with Gasteiger partial charge >= 0.3 is 0 Å². The fraction of sp³-hybridized carbons (Fsp3) is 0.200. The molecule has 4 nitrogen and oxygen atoms in total. The summed E-state index contributed by atoms with van der Waals surface area (Å²) in [6.45, 7) is 0.624.